The van der Waals surface area contributed by atoms with Crippen LogP contribution in [-0.4, -0.2) is 12.5 Å². The summed E-state index contributed by atoms with van der Waals surface area (Å²) in [5.74, 6) is 0.225. The van der Waals surface area contributed by atoms with Crippen LogP contribution in [-0.2, 0) is 4.79 Å². The molecule has 1 saturated heterocycles. The van der Waals surface area contributed by atoms with Crippen molar-refractivity contribution < 1.29 is 4.79 Å². The Bertz CT molecular complexity index is 108. The Morgan fingerprint density at radius 2 is 1.90 bits per heavy atom. The zero-order valence-corrected chi connectivity index (χ0v) is 6.10. The predicted molar refractivity (Wildman–Crippen MR) is 41.4 cm³/mol. The summed E-state index contributed by atoms with van der Waals surface area (Å²) in [5, 5.41) is 2.81. The van der Waals surface area contributed by atoms with E-state index in [9.17, 15) is 4.79 Å². The lowest BCUT2D eigenvalue weighted by atomic mass is 10.2. The van der Waals surface area contributed by atoms with Gasteiger partial charge >= 0.3 is 0 Å². The molecule has 1 amide bonds. The maximum Gasteiger partial charge on any atom is 0.219 e. The Morgan fingerprint density at radius 3 is 2.60 bits per heavy atom. The smallest absolute Gasteiger partial charge is 0.219 e. The topological polar surface area (TPSA) is 29.1 Å². The van der Waals surface area contributed by atoms with Crippen molar-refractivity contribution in [1.82, 2.24) is 5.32 Å². The van der Waals surface area contributed by atoms with Crippen molar-refractivity contribution in [2.24, 2.45) is 0 Å². The molecular weight excluding hydrogens is 126 g/mol. The van der Waals surface area contributed by atoms with Crippen molar-refractivity contribution in [2.75, 3.05) is 6.54 Å². The summed E-state index contributed by atoms with van der Waals surface area (Å²) in [6.45, 7) is 0.888. The van der Waals surface area contributed by atoms with Gasteiger partial charge in [-0.2, -0.15) is 0 Å². The van der Waals surface area contributed by atoms with Gasteiger partial charge in [0.1, 0.15) is 0 Å². The number of carbonyl (C=O) groups excluding carboxylic acids is 1. The Balaban J connectivity index is 0.000000371. The van der Waals surface area contributed by atoms with Gasteiger partial charge in [0.25, 0.3) is 0 Å². The van der Waals surface area contributed by atoms with Crippen molar-refractivity contribution in [2.45, 2.75) is 25.7 Å². The highest BCUT2D eigenvalue weighted by Crippen LogP contribution is 2.02. The SMILES string of the molecule is C#C.O=C1CCCCCN1. The summed E-state index contributed by atoms with van der Waals surface area (Å²) in [6.07, 6.45) is 12.2. The fraction of sp³-hybridized carbons (Fsp3) is 0.625. The van der Waals surface area contributed by atoms with Crippen LogP contribution >= 0.6 is 0 Å². The van der Waals surface area contributed by atoms with E-state index in [1.165, 1.54) is 6.42 Å². The van der Waals surface area contributed by atoms with E-state index in [0.29, 0.717) is 0 Å². The first-order valence-corrected chi connectivity index (χ1v) is 3.49. The minimum atomic E-state index is 0.225. The summed E-state index contributed by atoms with van der Waals surface area (Å²) in [7, 11) is 0. The standard InChI is InChI=1S/C6H11NO.C2H2/c8-6-4-2-1-3-5-7-6;1-2/h1-5H2,(H,7,8);1-2H. The van der Waals surface area contributed by atoms with Gasteiger partial charge in [-0.05, 0) is 12.8 Å². The molecule has 56 valence electrons. The monoisotopic (exact) mass is 139 g/mol. The van der Waals surface area contributed by atoms with Crippen LogP contribution in [0.1, 0.15) is 25.7 Å². The van der Waals surface area contributed by atoms with Gasteiger partial charge < -0.3 is 5.32 Å². The summed E-state index contributed by atoms with van der Waals surface area (Å²) < 4.78 is 0. The molecule has 2 heteroatoms. The lowest BCUT2D eigenvalue weighted by Gasteiger charge is -1.93. The van der Waals surface area contributed by atoms with E-state index in [4.69, 9.17) is 0 Å². The number of amides is 1. The maximum atomic E-state index is 10.6. The molecule has 0 bridgehead atoms. The van der Waals surface area contributed by atoms with Crippen LogP contribution in [0.2, 0.25) is 0 Å². The number of carbonyl (C=O) groups is 1. The molecule has 0 spiro atoms. The van der Waals surface area contributed by atoms with E-state index in [1.807, 2.05) is 0 Å². The van der Waals surface area contributed by atoms with Crippen molar-refractivity contribution in [3.05, 3.63) is 0 Å². The second-order valence-electron chi connectivity index (χ2n) is 2.16. The van der Waals surface area contributed by atoms with Crippen LogP contribution in [0, 0.1) is 12.8 Å². The third kappa shape index (κ3) is 3.96. The molecule has 0 aliphatic carbocycles. The quantitative estimate of drug-likeness (QED) is 0.497. The maximum absolute atomic E-state index is 10.6. The number of hydrogen-bond donors (Lipinski definition) is 1. The lowest BCUT2D eigenvalue weighted by molar-refractivity contribution is -0.120. The first-order valence-electron chi connectivity index (χ1n) is 3.49. The van der Waals surface area contributed by atoms with E-state index in [1.54, 1.807) is 0 Å². The first kappa shape index (κ1) is 9.03. The summed E-state index contributed by atoms with van der Waals surface area (Å²) in [4.78, 5) is 10.6. The molecule has 0 aromatic rings. The van der Waals surface area contributed by atoms with Gasteiger partial charge in [-0.3, -0.25) is 4.79 Å². The molecule has 1 rings (SSSR count). The Hall–Kier alpha value is -0.970. The largest absolute Gasteiger partial charge is 0.356 e. The fourth-order valence-corrected chi connectivity index (χ4v) is 0.904. The third-order valence-corrected chi connectivity index (χ3v) is 1.40. The summed E-state index contributed by atoms with van der Waals surface area (Å²) in [5.41, 5.74) is 0. The molecule has 1 N–H and O–H groups in total. The molecule has 0 aromatic heterocycles. The van der Waals surface area contributed by atoms with Crippen LogP contribution in [0.25, 0.3) is 0 Å². The van der Waals surface area contributed by atoms with Crippen LogP contribution in [0.3, 0.4) is 0 Å². The molecule has 1 aliphatic heterocycles. The molecule has 10 heavy (non-hydrogen) atoms. The van der Waals surface area contributed by atoms with E-state index in [2.05, 4.69) is 18.2 Å². The molecule has 0 atom stereocenters. The minimum Gasteiger partial charge on any atom is -0.356 e. The molecule has 1 aliphatic rings. The van der Waals surface area contributed by atoms with Gasteiger partial charge in [-0.25, -0.2) is 0 Å². The van der Waals surface area contributed by atoms with Crippen molar-refractivity contribution in [3.63, 3.8) is 0 Å². The van der Waals surface area contributed by atoms with E-state index in [-0.39, 0.29) is 5.91 Å². The summed E-state index contributed by atoms with van der Waals surface area (Å²) >= 11 is 0. The zero-order chi connectivity index (χ0) is 7.82. The summed E-state index contributed by atoms with van der Waals surface area (Å²) in [6, 6.07) is 0. The average Bonchev–Trinajstić information content (AvgIpc) is 2.21. The van der Waals surface area contributed by atoms with Gasteiger partial charge in [0.15, 0.2) is 0 Å². The average molecular weight is 139 g/mol. The van der Waals surface area contributed by atoms with Gasteiger partial charge in [-0.1, -0.05) is 6.42 Å². The molecular formula is C8H13NO. The van der Waals surface area contributed by atoms with Gasteiger partial charge in [-0.15, -0.1) is 12.8 Å². The Morgan fingerprint density at radius 1 is 1.20 bits per heavy atom. The molecule has 1 heterocycles. The number of nitrogens with one attached hydrogen (secondary N) is 1. The number of terminal acetylenes is 1. The van der Waals surface area contributed by atoms with Crippen LogP contribution in [0.5, 0.6) is 0 Å². The Kier molecular flexibility index (Phi) is 5.56. The van der Waals surface area contributed by atoms with E-state index < -0.39 is 0 Å². The highest BCUT2D eigenvalue weighted by Gasteiger charge is 2.03. The highest BCUT2D eigenvalue weighted by atomic mass is 16.1. The van der Waals surface area contributed by atoms with E-state index >= 15 is 0 Å². The van der Waals surface area contributed by atoms with Crippen molar-refractivity contribution >= 4 is 5.91 Å². The molecule has 0 saturated carbocycles. The molecule has 0 radical (unpaired) electrons. The Labute approximate surface area is 62.0 Å². The van der Waals surface area contributed by atoms with Gasteiger partial charge in [0, 0.05) is 13.0 Å². The minimum absolute atomic E-state index is 0.225. The number of rotatable bonds is 0. The molecule has 1 fully saturated rings. The molecule has 0 aromatic carbocycles. The van der Waals surface area contributed by atoms with Gasteiger partial charge in [0.05, 0.1) is 0 Å². The number of hydrogen-bond acceptors (Lipinski definition) is 1. The van der Waals surface area contributed by atoms with Crippen molar-refractivity contribution in [3.8, 4) is 12.8 Å². The zero-order valence-electron chi connectivity index (χ0n) is 6.10. The predicted octanol–water partition coefficient (Wildman–Crippen LogP) is 0.926. The normalized spacial score (nSPS) is 17.6. The van der Waals surface area contributed by atoms with Crippen LogP contribution in [0.15, 0.2) is 0 Å². The molecule has 0 unspecified atom stereocenters. The lowest BCUT2D eigenvalue weighted by Crippen LogP contribution is -2.21. The third-order valence-electron chi connectivity index (χ3n) is 1.40. The first-order chi connectivity index (χ1) is 4.89. The highest BCUT2D eigenvalue weighted by molar-refractivity contribution is 5.75. The van der Waals surface area contributed by atoms with Crippen LogP contribution < -0.4 is 5.32 Å². The second kappa shape index (κ2) is 6.15. The van der Waals surface area contributed by atoms with Gasteiger partial charge in [0.2, 0.25) is 5.91 Å². The fourth-order valence-electron chi connectivity index (χ4n) is 0.904. The second-order valence-corrected chi connectivity index (χ2v) is 2.16. The molecule has 2 nitrogen and oxygen atoms in total. The van der Waals surface area contributed by atoms with E-state index in [0.717, 1.165) is 25.8 Å². The van der Waals surface area contributed by atoms with Crippen LogP contribution in [0.4, 0.5) is 0 Å². The van der Waals surface area contributed by atoms with Crippen molar-refractivity contribution in [1.29, 1.82) is 0 Å².